The van der Waals surface area contributed by atoms with Crippen molar-refractivity contribution in [3.8, 4) is 5.75 Å². The third-order valence-corrected chi connectivity index (χ3v) is 4.47. The van der Waals surface area contributed by atoms with E-state index in [-0.39, 0.29) is 5.91 Å². The van der Waals surface area contributed by atoms with Gasteiger partial charge in [0.05, 0.1) is 6.54 Å². The number of carbonyl (C=O) groups excluding carboxylic acids is 1. The van der Waals surface area contributed by atoms with Crippen LogP contribution < -0.4 is 10.1 Å². The van der Waals surface area contributed by atoms with E-state index in [2.05, 4.69) is 5.32 Å². The number of nitrogens with one attached hydrogen (secondary N) is 1. The molecule has 1 unspecified atom stereocenters. The Labute approximate surface area is 126 Å². The van der Waals surface area contributed by atoms with Crippen LogP contribution in [0.4, 0.5) is 0 Å². The molecular formula is C17H24N2O2. The van der Waals surface area contributed by atoms with Crippen LogP contribution >= 0.6 is 0 Å². The van der Waals surface area contributed by atoms with E-state index in [1.165, 1.54) is 12.8 Å². The fraction of sp³-hybridized carbons (Fsp3) is 0.588. The first kappa shape index (κ1) is 14.4. The van der Waals surface area contributed by atoms with Crippen LogP contribution in [-0.2, 0) is 11.3 Å². The van der Waals surface area contributed by atoms with Crippen LogP contribution in [0.2, 0.25) is 0 Å². The van der Waals surface area contributed by atoms with Gasteiger partial charge in [-0.1, -0.05) is 18.2 Å². The van der Waals surface area contributed by atoms with Crippen molar-refractivity contribution in [1.29, 1.82) is 0 Å². The maximum absolute atomic E-state index is 12.5. The molecule has 1 N–H and O–H groups in total. The second kappa shape index (κ2) is 6.94. The van der Waals surface area contributed by atoms with Gasteiger partial charge in [-0.15, -0.1) is 0 Å². The number of benzene rings is 1. The molecule has 1 fully saturated rings. The van der Waals surface area contributed by atoms with E-state index in [0.717, 1.165) is 30.8 Å². The highest BCUT2D eigenvalue weighted by Crippen LogP contribution is 2.23. The number of ether oxygens (including phenoxy) is 1. The lowest BCUT2D eigenvalue weighted by Gasteiger charge is -2.24. The number of para-hydroxylation sites is 1. The van der Waals surface area contributed by atoms with Crippen molar-refractivity contribution < 1.29 is 9.53 Å². The second-order valence-electron chi connectivity index (χ2n) is 6.02. The van der Waals surface area contributed by atoms with Gasteiger partial charge in [-0.2, -0.15) is 0 Å². The Morgan fingerprint density at radius 1 is 1.38 bits per heavy atom. The minimum atomic E-state index is 0.265. The van der Waals surface area contributed by atoms with Crippen LogP contribution in [-0.4, -0.2) is 37.0 Å². The number of hydrogen-bond donors (Lipinski definition) is 1. The van der Waals surface area contributed by atoms with Gasteiger partial charge in [-0.05, 0) is 44.3 Å². The number of piperidine rings is 1. The van der Waals surface area contributed by atoms with E-state index in [1.807, 2.05) is 29.2 Å². The van der Waals surface area contributed by atoms with Gasteiger partial charge >= 0.3 is 0 Å². The normalized spacial score (nSPS) is 22.1. The topological polar surface area (TPSA) is 41.6 Å². The first-order valence-electron chi connectivity index (χ1n) is 8.02. The Kier molecular flexibility index (Phi) is 4.76. The first-order chi connectivity index (χ1) is 10.3. The summed E-state index contributed by atoms with van der Waals surface area (Å²) in [5, 5.41) is 3.42. The molecule has 2 heterocycles. The fourth-order valence-corrected chi connectivity index (χ4v) is 3.19. The van der Waals surface area contributed by atoms with E-state index in [1.54, 1.807) is 0 Å². The summed E-state index contributed by atoms with van der Waals surface area (Å²) in [7, 11) is 0. The van der Waals surface area contributed by atoms with Gasteiger partial charge in [0.1, 0.15) is 12.4 Å². The summed E-state index contributed by atoms with van der Waals surface area (Å²) < 4.78 is 5.72. The summed E-state index contributed by atoms with van der Waals surface area (Å²) in [5.41, 5.74) is 1.11. The molecule has 21 heavy (non-hydrogen) atoms. The minimum absolute atomic E-state index is 0.265. The standard InChI is InChI=1S/C17H24N2O2/c20-17(8-7-14-4-3-9-18-12-14)19-10-11-21-16-6-2-1-5-15(16)13-19/h1-2,5-6,14,18H,3-4,7-13H2. The second-order valence-corrected chi connectivity index (χ2v) is 6.02. The summed E-state index contributed by atoms with van der Waals surface area (Å²) in [6.45, 7) is 4.16. The maximum Gasteiger partial charge on any atom is 0.222 e. The third-order valence-electron chi connectivity index (χ3n) is 4.47. The summed E-state index contributed by atoms with van der Waals surface area (Å²) in [6.07, 6.45) is 4.16. The van der Waals surface area contributed by atoms with Crippen molar-refractivity contribution >= 4 is 5.91 Å². The Balaban J connectivity index is 1.55. The molecule has 2 aliphatic heterocycles. The summed E-state index contributed by atoms with van der Waals surface area (Å²) in [6, 6.07) is 8.01. The number of rotatable bonds is 3. The lowest BCUT2D eigenvalue weighted by atomic mass is 9.94. The minimum Gasteiger partial charge on any atom is -0.491 e. The zero-order valence-electron chi connectivity index (χ0n) is 12.5. The van der Waals surface area contributed by atoms with Gasteiger partial charge in [0, 0.05) is 18.5 Å². The van der Waals surface area contributed by atoms with E-state index >= 15 is 0 Å². The molecule has 4 nitrogen and oxygen atoms in total. The smallest absolute Gasteiger partial charge is 0.222 e. The van der Waals surface area contributed by atoms with Gasteiger partial charge in [-0.3, -0.25) is 4.79 Å². The molecule has 0 radical (unpaired) electrons. The molecule has 2 aliphatic rings. The highest BCUT2D eigenvalue weighted by Gasteiger charge is 2.21. The number of nitrogens with zero attached hydrogens (tertiary/aromatic N) is 1. The van der Waals surface area contributed by atoms with Gasteiger partial charge in [0.25, 0.3) is 0 Å². The van der Waals surface area contributed by atoms with E-state index < -0.39 is 0 Å². The number of carbonyl (C=O) groups is 1. The van der Waals surface area contributed by atoms with Crippen molar-refractivity contribution in [1.82, 2.24) is 10.2 Å². The van der Waals surface area contributed by atoms with Gasteiger partial charge in [0.15, 0.2) is 0 Å². The van der Waals surface area contributed by atoms with Crippen LogP contribution in [0.15, 0.2) is 24.3 Å². The van der Waals surface area contributed by atoms with Crippen molar-refractivity contribution in [2.24, 2.45) is 5.92 Å². The molecule has 114 valence electrons. The summed E-state index contributed by atoms with van der Waals surface area (Å²) in [5.74, 6) is 1.85. The first-order valence-corrected chi connectivity index (χ1v) is 8.02. The quantitative estimate of drug-likeness (QED) is 0.927. The van der Waals surface area contributed by atoms with Crippen LogP contribution in [0.25, 0.3) is 0 Å². The molecule has 1 aromatic rings. The molecule has 1 saturated heterocycles. The van der Waals surface area contributed by atoms with Crippen LogP contribution in [0.5, 0.6) is 5.75 Å². The van der Waals surface area contributed by atoms with Crippen molar-refractivity contribution in [3.63, 3.8) is 0 Å². The van der Waals surface area contributed by atoms with Crippen molar-refractivity contribution in [2.45, 2.75) is 32.2 Å². The van der Waals surface area contributed by atoms with Gasteiger partial charge < -0.3 is 15.0 Å². The molecular weight excluding hydrogens is 264 g/mol. The fourth-order valence-electron chi connectivity index (χ4n) is 3.19. The molecule has 4 heteroatoms. The Morgan fingerprint density at radius 3 is 3.14 bits per heavy atom. The lowest BCUT2D eigenvalue weighted by Crippen LogP contribution is -2.34. The van der Waals surface area contributed by atoms with Crippen LogP contribution in [0, 0.1) is 5.92 Å². The monoisotopic (exact) mass is 288 g/mol. The van der Waals surface area contributed by atoms with E-state index in [0.29, 0.717) is 32.0 Å². The average Bonchev–Trinajstić information content (AvgIpc) is 2.76. The van der Waals surface area contributed by atoms with Crippen LogP contribution in [0.1, 0.15) is 31.2 Å². The Hall–Kier alpha value is -1.55. The Morgan fingerprint density at radius 2 is 2.29 bits per heavy atom. The molecule has 0 aromatic heterocycles. The largest absolute Gasteiger partial charge is 0.491 e. The van der Waals surface area contributed by atoms with E-state index in [4.69, 9.17) is 4.74 Å². The molecule has 1 aromatic carbocycles. The predicted octanol–water partition coefficient (Wildman–Crippen LogP) is 2.19. The highest BCUT2D eigenvalue weighted by atomic mass is 16.5. The number of fused-ring (bicyclic) bond motifs is 1. The summed E-state index contributed by atoms with van der Waals surface area (Å²) >= 11 is 0. The number of hydrogen-bond acceptors (Lipinski definition) is 3. The zero-order chi connectivity index (χ0) is 14.5. The molecule has 1 amide bonds. The summed E-state index contributed by atoms with van der Waals surface area (Å²) in [4.78, 5) is 14.4. The SMILES string of the molecule is O=C(CCC1CCCNC1)N1CCOc2ccccc2C1. The van der Waals surface area contributed by atoms with Gasteiger partial charge in [0.2, 0.25) is 5.91 Å². The molecule has 0 spiro atoms. The highest BCUT2D eigenvalue weighted by molar-refractivity contribution is 5.76. The van der Waals surface area contributed by atoms with Crippen molar-refractivity contribution in [2.75, 3.05) is 26.2 Å². The molecule has 1 atom stereocenters. The molecule has 0 saturated carbocycles. The van der Waals surface area contributed by atoms with Crippen molar-refractivity contribution in [3.05, 3.63) is 29.8 Å². The third kappa shape index (κ3) is 3.76. The molecule has 3 rings (SSSR count). The predicted molar refractivity (Wildman–Crippen MR) is 82.2 cm³/mol. The average molecular weight is 288 g/mol. The van der Waals surface area contributed by atoms with Crippen LogP contribution in [0.3, 0.4) is 0 Å². The maximum atomic E-state index is 12.5. The lowest BCUT2D eigenvalue weighted by molar-refractivity contribution is -0.132. The molecule has 0 aliphatic carbocycles. The zero-order valence-corrected chi connectivity index (χ0v) is 12.5. The van der Waals surface area contributed by atoms with Gasteiger partial charge in [-0.25, -0.2) is 0 Å². The Bertz CT molecular complexity index is 483. The molecule has 0 bridgehead atoms. The van der Waals surface area contributed by atoms with E-state index in [9.17, 15) is 4.79 Å². The number of amides is 1.